The minimum absolute atomic E-state index is 0.0854. The first-order valence-electron chi connectivity index (χ1n) is 5.48. The SMILES string of the molecule is O=C(Cc1ccccc1)C1(O)C=CC(O)=CC1. The van der Waals surface area contributed by atoms with Crippen molar-refractivity contribution in [2.75, 3.05) is 0 Å². The Labute approximate surface area is 99.7 Å². The van der Waals surface area contributed by atoms with Gasteiger partial charge in [-0.3, -0.25) is 4.79 Å². The van der Waals surface area contributed by atoms with Crippen LogP contribution in [0.1, 0.15) is 12.0 Å². The maximum atomic E-state index is 12.0. The zero-order valence-electron chi connectivity index (χ0n) is 9.34. The molecule has 3 nitrogen and oxygen atoms in total. The first-order valence-corrected chi connectivity index (χ1v) is 5.48. The second-order valence-electron chi connectivity index (χ2n) is 4.18. The molecule has 1 unspecified atom stereocenters. The van der Waals surface area contributed by atoms with Crippen molar-refractivity contribution in [3.63, 3.8) is 0 Å². The zero-order valence-corrected chi connectivity index (χ0v) is 9.34. The van der Waals surface area contributed by atoms with Gasteiger partial charge in [-0.05, 0) is 23.8 Å². The average molecular weight is 230 g/mol. The van der Waals surface area contributed by atoms with Crippen LogP contribution in [0.3, 0.4) is 0 Å². The summed E-state index contributed by atoms with van der Waals surface area (Å²) in [4.78, 5) is 12.0. The van der Waals surface area contributed by atoms with Gasteiger partial charge in [-0.1, -0.05) is 30.3 Å². The van der Waals surface area contributed by atoms with E-state index in [-0.39, 0.29) is 24.4 Å². The zero-order chi connectivity index (χ0) is 12.3. The van der Waals surface area contributed by atoms with Crippen molar-refractivity contribution in [1.29, 1.82) is 0 Å². The topological polar surface area (TPSA) is 57.5 Å². The Morgan fingerprint density at radius 2 is 2.00 bits per heavy atom. The molecule has 1 aliphatic rings. The van der Waals surface area contributed by atoms with E-state index in [0.29, 0.717) is 0 Å². The van der Waals surface area contributed by atoms with Crippen LogP contribution in [0, 0.1) is 0 Å². The first kappa shape index (κ1) is 11.6. The molecule has 0 aromatic heterocycles. The third kappa shape index (κ3) is 2.63. The van der Waals surface area contributed by atoms with E-state index in [1.807, 2.05) is 30.3 Å². The van der Waals surface area contributed by atoms with Gasteiger partial charge in [0.05, 0.1) is 0 Å². The van der Waals surface area contributed by atoms with E-state index < -0.39 is 5.60 Å². The van der Waals surface area contributed by atoms with Gasteiger partial charge in [0.1, 0.15) is 11.4 Å². The predicted octanol–water partition coefficient (Wildman–Crippen LogP) is 1.93. The summed E-state index contributed by atoms with van der Waals surface area (Å²) in [5, 5.41) is 19.3. The number of aliphatic hydroxyl groups excluding tert-OH is 1. The number of Topliss-reactive ketones (excluding diaryl/α,β-unsaturated/α-hetero) is 1. The quantitative estimate of drug-likeness (QED) is 0.834. The molecule has 1 aromatic carbocycles. The van der Waals surface area contributed by atoms with Gasteiger partial charge in [-0.15, -0.1) is 0 Å². The van der Waals surface area contributed by atoms with Crippen molar-refractivity contribution in [3.05, 3.63) is 59.9 Å². The fourth-order valence-corrected chi connectivity index (χ4v) is 1.76. The summed E-state index contributed by atoms with van der Waals surface area (Å²) in [6, 6.07) is 9.29. The highest BCUT2D eigenvalue weighted by Crippen LogP contribution is 2.22. The minimum atomic E-state index is -1.48. The molecule has 2 rings (SSSR count). The van der Waals surface area contributed by atoms with Gasteiger partial charge in [0, 0.05) is 12.8 Å². The number of ketones is 1. The van der Waals surface area contributed by atoms with E-state index in [4.69, 9.17) is 5.11 Å². The van der Waals surface area contributed by atoms with Crippen LogP contribution in [0.5, 0.6) is 0 Å². The van der Waals surface area contributed by atoms with E-state index in [2.05, 4.69) is 0 Å². The lowest BCUT2D eigenvalue weighted by Gasteiger charge is -2.24. The Morgan fingerprint density at radius 1 is 1.29 bits per heavy atom. The summed E-state index contributed by atoms with van der Waals surface area (Å²) in [5.74, 6) is -0.175. The summed E-state index contributed by atoms with van der Waals surface area (Å²) >= 11 is 0. The molecular formula is C14H14O3. The smallest absolute Gasteiger partial charge is 0.172 e. The van der Waals surface area contributed by atoms with Crippen LogP contribution in [0.4, 0.5) is 0 Å². The number of aliphatic hydroxyl groups is 2. The molecule has 0 aliphatic heterocycles. The standard InChI is InChI=1S/C14H14O3/c15-12-6-8-14(17,9-7-12)13(16)10-11-4-2-1-3-5-11/h1-8,15,17H,9-10H2. The number of carbonyl (C=O) groups is 1. The summed E-state index contributed by atoms with van der Waals surface area (Å²) < 4.78 is 0. The third-order valence-electron chi connectivity index (χ3n) is 2.84. The predicted molar refractivity (Wildman–Crippen MR) is 64.6 cm³/mol. The molecule has 0 saturated heterocycles. The number of benzene rings is 1. The maximum Gasteiger partial charge on any atom is 0.172 e. The molecule has 0 radical (unpaired) electrons. The van der Waals surface area contributed by atoms with Crippen molar-refractivity contribution in [1.82, 2.24) is 0 Å². The fourth-order valence-electron chi connectivity index (χ4n) is 1.76. The Bertz CT molecular complexity index is 474. The molecule has 1 atom stereocenters. The van der Waals surface area contributed by atoms with Gasteiger partial charge in [0.15, 0.2) is 5.78 Å². The van der Waals surface area contributed by atoms with Gasteiger partial charge >= 0.3 is 0 Å². The van der Waals surface area contributed by atoms with Crippen molar-refractivity contribution >= 4 is 5.78 Å². The van der Waals surface area contributed by atoms with Crippen LogP contribution < -0.4 is 0 Å². The molecule has 1 aromatic rings. The Hall–Kier alpha value is -1.87. The second-order valence-corrected chi connectivity index (χ2v) is 4.18. The van der Waals surface area contributed by atoms with E-state index >= 15 is 0 Å². The molecule has 17 heavy (non-hydrogen) atoms. The maximum absolute atomic E-state index is 12.0. The molecule has 0 fully saturated rings. The molecule has 3 heteroatoms. The fraction of sp³-hybridized carbons (Fsp3) is 0.214. The summed E-state index contributed by atoms with van der Waals surface area (Å²) in [6.45, 7) is 0. The lowest BCUT2D eigenvalue weighted by molar-refractivity contribution is -0.132. The molecule has 0 bridgehead atoms. The number of carbonyl (C=O) groups excluding carboxylic acids is 1. The van der Waals surface area contributed by atoms with Crippen LogP contribution >= 0.6 is 0 Å². The monoisotopic (exact) mass is 230 g/mol. The minimum Gasteiger partial charge on any atom is -0.508 e. The van der Waals surface area contributed by atoms with Crippen LogP contribution in [-0.4, -0.2) is 21.6 Å². The number of rotatable bonds is 3. The Kier molecular flexibility index (Phi) is 3.11. The van der Waals surface area contributed by atoms with Gasteiger partial charge in [0.25, 0.3) is 0 Å². The van der Waals surface area contributed by atoms with Crippen LogP contribution in [0.2, 0.25) is 0 Å². The van der Waals surface area contributed by atoms with Crippen molar-refractivity contribution in [2.45, 2.75) is 18.4 Å². The highest BCUT2D eigenvalue weighted by atomic mass is 16.3. The Balaban J connectivity index is 2.09. The van der Waals surface area contributed by atoms with Crippen LogP contribution in [0.25, 0.3) is 0 Å². The molecule has 88 valence electrons. The summed E-state index contributed by atoms with van der Waals surface area (Å²) in [7, 11) is 0. The lowest BCUT2D eigenvalue weighted by Crippen LogP contribution is -2.38. The Morgan fingerprint density at radius 3 is 2.59 bits per heavy atom. The molecule has 0 amide bonds. The molecule has 0 heterocycles. The van der Waals surface area contributed by atoms with E-state index in [1.165, 1.54) is 18.2 Å². The second kappa shape index (κ2) is 4.55. The van der Waals surface area contributed by atoms with E-state index in [9.17, 15) is 9.90 Å². The number of allylic oxidation sites excluding steroid dienone is 1. The van der Waals surface area contributed by atoms with Gasteiger partial charge in [-0.25, -0.2) is 0 Å². The van der Waals surface area contributed by atoms with E-state index in [1.54, 1.807) is 0 Å². The van der Waals surface area contributed by atoms with Gasteiger partial charge in [-0.2, -0.15) is 0 Å². The normalized spacial score (nSPS) is 23.2. The van der Waals surface area contributed by atoms with Gasteiger partial charge in [0.2, 0.25) is 0 Å². The van der Waals surface area contributed by atoms with Crippen LogP contribution in [0.15, 0.2) is 54.3 Å². The van der Waals surface area contributed by atoms with Crippen LogP contribution in [-0.2, 0) is 11.2 Å². The largest absolute Gasteiger partial charge is 0.508 e. The molecule has 0 spiro atoms. The third-order valence-corrected chi connectivity index (χ3v) is 2.84. The molecule has 1 aliphatic carbocycles. The average Bonchev–Trinajstić information content (AvgIpc) is 2.34. The first-order chi connectivity index (χ1) is 8.10. The summed E-state index contributed by atoms with van der Waals surface area (Å²) in [5.41, 5.74) is -0.611. The number of hydrogen-bond acceptors (Lipinski definition) is 3. The highest BCUT2D eigenvalue weighted by molar-refractivity contribution is 5.91. The van der Waals surface area contributed by atoms with Crippen molar-refractivity contribution < 1.29 is 15.0 Å². The number of hydrogen-bond donors (Lipinski definition) is 2. The van der Waals surface area contributed by atoms with Gasteiger partial charge < -0.3 is 10.2 Å². The van der Waals surface area contributed by atoms with Crippen molar-refractivity contribution in [2.24, 2.45) is 0 Å². The van der Waals surface area contributed by atoms with E-state index in [0.717, 1.165) is 5.56 Å². The highest BCUT2D eigenvalue weighted by Gasteiger charge is 2.33. The molecular weight excluding hydrogens is 216 g/mol. The lowest BCUT2D eigenvalue weighted by atomic mass is 9.87. The molecule has 2 N–H and O–H groups in total. The molecule has 0 saturated carbocycles. The van der Waals surface area contributed by atoms with Crippen molar-refractivity contribution in [3.8, 4) is 0 Å². The summed E-state index contributed by atoms with van der Waals surface area (Å²) in [6.07, 6.45) is 4.47.